The molecule has 4 atom stereocenters. The van der Waals surface area contributed by atoms with E-state index >= 15 is 4.39 Å². The molecule has 9 rings (SSSR count). The maximum atomic E-state index is 16.4. The molecular formula is C47H51FN8O8. The van der Waals surface area contributed by atoms with E-state index in [1.165, 1.54) is 14.2 Å². The van der Waals surface area contributed by atoms with Gasteiger partial charge in [-0.25, -0.2) is 23.9 Å². The van der Waals surface area contributed by atoms with E-state index < -0.39 is 30.1 Å². The number of aryl methyl sites for hydroxylation is 1. The number of likely N-dealkylation sites (tertiary alicyclic amines) is 2. The molecule has 0 saturated carbocycles. The summed E-state index contributed by atoms with van der Waals surface area (Å²) >= 11 is 0. The molecule has 0 radical (unpaired) electrons. The zero-order chi connectivity index (χ0) is 45.1. The molecule has 334 valence electrons. The summed E-state index contributed by atoms with van der Waals surface area (Å²) in [6, 6.07) is 12.5. The lowest BCUT2D eigenvalue weighted by molar-refractivity contribution is -0.136. The molecule has 17 heteroatoms. The number of ether oxygens (including phenoxy) is 2. The summed E-state index contributed by atoms with van der Waals surface area (Å²) in [4.78, 5) is 71.5. The van der Waals surface area contributed by atoms with Gasteiger partial charge in [0.1, 0.15) is 40.7 Å². The van der Waals surface area contributed by atoms with Gasteiger partial charge in [-0.2, -0.15) is 0 Å². The van der Waals surface area contributed by atoms with Gasteiger partial charge in [-0.15, -0.1) is 0 Å². The molecule has 16 nitrogen and oxygen atoms in total. The van der Waals surface area contributed by atoms with Crippen molar-refractivity contribution < 1.29 is 41.9 Å². The van der Waals surface area contributed by atoms with E-state index in [0.717, 1.165) is 46.8 Å². The Bertz CT molecular complexity index is 2770. The quantitative estimate of drug-likeness (QED) is 0.103. The zero-order valence-corrected chi connectivity index (χ0v) is 36.8. The summed E-state index contributed by atoms with van der Waals surface area (Å²) in [6.07, 6.45) is 1.68. The molecule has 0 spiro atoms. The Labute approximate surface area is 367 Å². The zero-order valence-electron chi connectivity index (χ0n) is 36.8. The molecule has 0 bridgehead atoms. The fourth-order valence-electron chi connectivity index (χ4n) is 9.28. The molecule has 4 aromatic heterocycles. The normalized spacial score (nSPS) is 17.7. The van der Waals surface area contributed by atoms with Gasteiger partial charge in [0.05, 0.1) is 53.8 Å². The number of methoxy groups -OCH3 is 2. The van der Waals surface area contributed by atoms with E-state index in [9.17, 15) is 19.2 Å². The third-order valence-electron chi connectivity index (χ3n) is 12.7. The Kier molecular flexibility index (Phi) is 11.0. The van der Waals surface area contributed by atoms with Crippen molar-refractivity contribution in [2.75, 3.05) is 27.3 Å². The second kappa shape index (κ2) is 16.7. The number of carbonyl (C=O) groups is 4. The number of hydrogen-bond donors (Lipinski definition) is 4. The SMILES string of the molecule is COC(=O)NC(C(=O)N1CCCC1c1nc2ccc(-c3oc4cc5c(F)c(-c6ccc7nc(C8CCCN8C(=O)C(NC(=O)OC)C(C)C)[nH]c7c6)oc5cc4c3C)cc2[nH]1)C(C)C. The highest BCUT2D eigenvalue weighted by molar-refractivity contribution is 6.00. The predicted octanol–water partition coefficient (Wildman–Crippen LogP) is 8.80. The van der Waals surface area contributed by atoms with Crippen LogP contribution in [-0.2, 0) is 19.1 Å². The van der Waals surface area contributed by atoms with Crippen molar-refractivity contribution in [2.24, 2.45) is 11.8 Å². The van der Waals surface area contributed by atoms with Gasteiger partial charge in [0, 0.05) is 35.2 Å². The van der Waals surface area contributed by atoms with Crippen LogP contribution in [0, 0.1) is 24.6 Å². The molecule has 2 fully saturated rings. The number of aromatic nitrogens is 4. The lowest BCUT2D eigenvalue weighted by Gasteiger charge is -2.29. The van der Waals surface area contributed by atoms with E-state index in [1.807, 2.05) is 52.8 Å². The number of rotatable bonds is 10. The third kappa shape index (κ3) is 7.45. The van der Waals surface area contributed by atoms with Crippen LogP contribution in [0.1, 0.15) is 82.7 Å². The lowest BCUT2D eigenvalue weighted by atomic mass is 10.0. The Balaban J connectivity index is 0.965. The van der Waals surface area contributed by atoms with Crippen LogP contribution in [0.3, 0.4) is 0 Å². The Morgan fingerprint density at radius 2 is 1.16 bits per heavy atom. The average molecular weight is 875 g/mol. The first-order chi connectivity index (χ1) is 30.7. The highest BCUT2D eigenvalue weighted by Gasteiger charge is 2.39. The molecular weight excluding hydrogens is 824 g/mol. The van der Waals surface area contributed by atoms with E-state index in [-0.39, 0.29) is 46.9 Å². The minimum absolute atomic E-state index is 0.0763. The van der Waals surface area contributed by atoms with Gasteiger partial charge >= 0.3 is 12.2 Å². The molecule has 6 heterocycles. The van der Waals surface area contributed by atoms with Crippen molar-refractivity contribution in [3.05, 3.63) is 71.6 Å². The van der Waals surface area contributed by atoms with Crippen LogP contribution < -0.4 is 10.6 Å². The second-order valence-corrected chi connectivity index (χ2v) is 17.4. The van der Waals surface area contributed by atoms with Gasteiger partial charge in [-0.1, -0.05) is 27.7 Å². The largest absolute Gasteiger partial charge is 0.456 e. The number of furan rings is 2. The molecule has 2 saturated heterocycles. The number of hydrogen-bond acceptors (Lipinski definition) is 10. The van der Waals surface area contributed by atoms with Gasteiger partial charge in [0.25, 0.3) is 0 Å². The molecule has 4 N–H and O–H groups in total. The van der Waals surface area contributed by atoms with Crippen molar-refractivity contribution in [2.45, 2.75) is 84.5 Å². The van der Waals surface area contributed by atoms with Crippen molar-refractivity contribution in [3.8, 4) is 22.6 Å². The summed E-state index contributed by atoms with van der Waals surface area (Å²) < 4.78 is 38.6. The number of carbonyl (C=O) groups excluding carboxylic acids is 4. The number of H-pyrrole nitrogens is 2. The van der Waals surface area contributed by atoms with Crippen LogP contribution in [0.4, 0.5) is 14.0 Å². The van der Waals surface area contributed by atoms with Gasteiger partial charge in [0.2, 0.25) is 11.8 Å². The number of amides is 4. The lowest BCUT2D eigenvalue weighted by Crippen LogP contribution is -2.51. The molecule has 4 unspecified atom stereocenters. The minimum atomic E-state index is -0.754. The number of benzene rings is 3. The molecule has 4 amide bonds. The van der Waals surface area contributed by atoms with E-state index in [4.69, 9.17) is 28.3 Å². The highest BCUT2D eigenvalue weighted by atomic mass is 19.1. The highest BCUT2D eigenvalue weighted by Crippen LogP contribution is 2.41. The Morgan fingerprint density at radius 1 is 0.703 bits per heavy atom. The maximum Gasteiger partial charge on any atom is 0.407 e. The van der Waals surface area contributed by atoms with E-state index in [2.05, 4.69) is 20.6 Å². The van der Waals surface area contributed by atoms with Crippen LogP contribution in [0.15, 0.2) is 57.4 Å². The van der Waals surface area contributed by atoms with E-state index in [0.29, 0.717) is 64.7 Å². The molecule has 64 heavy (non-hydrogen) atoms. The topological polar surface area (TPSA) is 201 Å². The van der Waals surface area contributed by atoms with Gasteiger partial charge < -0.3 is 48.7 Å². The number of imidazole rings is 2. The van der Waals surface area contributed by atoms with Crippen LogP contribution in [0.2, 0.25) is 0 Å². The van der Waals surface area contributed by atoms with Crippen molar-refractivity contribution in [1.82, 2.24) is 40.4 Å². The third-order valence-corrected chi connectivity index (χ3v) is 12.7. The predicted molar refractivity (Wildman–Crippen MR) is 237 cm³/mol. The number of alkyl carbamates (subject to hydrolysis) is 2. The van der Waals surface area contributed by atoms with E-state index in [1.54, 1.807) is 40.1 Å². The Morgan fingerprint density at radius 3 is 1.64 bits per heavy atom. The van der Waals surface area contributed by atoms with Gasteiger partial charge in [0.15, 0.2) is 11.6 Å². The summed E-state index contributed by atoms with van der Waals surface area (Å²) in [5.41, 5.74) is 5.86. The number of nitrogens with zero attached hydrogens (tertiary/aromatic N) is 4. The van der Waals surface area contributed by atoms with Crippen LogP contribution in [0.5, 0.6) is 0 Å². The summed E-state index contributed by atoms with van der Waals surface area (Å²) in [7, 11) is 2.54. The Hall–Kier alpha value is -6.91. The smallest absolute Gasteiger partial charge is 0.407 e. The first kappa shape index (κ1) is 42.4. The summed E-state index contributed by atoms with van der Waals surface area (Å²) in [6.45, 7) is 10.5. The molecule has 0 aliphatic carbocycles. The number of fused-ring (bicyclic) bond motifs is 4. The first-order valence-electron chi connectivity index (χ1n) is 21.7. The van der Waals surface area contributed by atoms with Crippen LogP contribution in [-0.4, -0.2) is 93.1 Å². The van der Waals surface area contributed by atoms with Crippen LogP contribution >= 0.6 is 0 Å². The molecule has 2 aliphatic heterocycles. The van der Waals surface area contributed by atoms with Gasteiger partial charge in [-0.3, -0.25) is 9.59 Å². The van der Waals surface area contributed by atoms with Crippen molar-refractivity contribution in [3.63, 3.8) is 0 Å². The standard InChI is InChI=1S/C47H51FN8O8/c1-22(2)38(53-46(59)61-6)44(57)55-16-8-10-33(55)42-49-29-14-12-25(18-31(29)51-42)40-24(5)27-20-36-28(21-35(27)63-40)37(48)41(64-36)26-13-15-30-32(19-26)52-43(50-30)34-11-9-17-56(34)45(58)39(23(3)4)54-47(60)62-7/h12-15,18-23,33-34,38-39H,8-11,16-17H2,1-7H3,(H,49,51)(H,50,52)(H,53,59)(H,54,60). The fraction of sp³-hybridized carbons (Fsp3) is 0.404. The summed E-state index contributed by atoms with van der Waals surface area (Å²) in [5.74, 6) is 0.757. The van der Waals surface area contributed by atoms with Crippen LogP contribution in [0.25, 0.3) is 66.7 Å². The molecule has 7 aromatic rings. The molecule has 2 aliphatic rings. The number of aromatic amines is 2. The van der Waals surface area contributed by atoms with Crippen molar-refractivity contribution >= 4 is 68.0 Å². The maximum absolute atomic E-state index is 16.4. The summed E-state index contributed by atoms with van der Waals surface area (Å²) in [5, 5.41) is 6.42. The minimum Gasteiger partial charge on any atom is -0.456 e. The average Bonchev–Trinajstić information content (AvgIpc) is 4.15. The molecule has 3 aromatic carbocycles. The first-order valence-corrected chi connectivity index (χ1v) is 21.7. The monoisotopic (exact) mass is 874 g/mol. The van der Waals surface area contributed by atoms with Gasteiger partial charge in [-0.05, 0) is 93.0 Å². The number of halogens is 1. The van der Waals surface area contributed by atoms with Crippen molar-refractivity contribution in [1.29, 1.82) is 0 Å². The number of nitrogens with one attached hydrogen (secondary N) is 4. The second-order valence-electron chi connectivity index (χ2n) is 17.4. The fourth-order valence-corrected chi connectivity index (χ4v) is 9.28.